The van der Waals surface area contributed by atoms with Gasteiger partial charge in [-0.3, -0.25) is 4.79 Å². The van der Waals surface area contributed by atoms with Crippen molar-refractivity contribution in [2.45, 2.75) is 32.7 Å². The Morgan fingerprint density at radius 3 is 3.00 bits per heavy atom. The van der Waals surface area contributed by atoms with Gasteiger partial charge < -0.3 is 11.1 Å². The fraction of sp³-hybridized carbons (Fsp3) is 0.600. The third-order valence-corrected chi connectivity index (χ3v) is 3.01. The Morgan fingerprint density at radius 2 is 2.47 bits per heavy atom. The normalized spacial score (nSPS) is 12.5. The van der Waals surface area contributed by atoms with Crippen LogP contribution in [0, 0.1) is 0 Å². The van der Waals surface area contributed by atoms with Crippen LogP contribution in [0.15, 0.2) is 5.38 Å². The Bertz CT molecular complexity index is 322. The molecule has 0 aliphatic carbocycles. The van der Waals surface area contributed by atoms with Crippen molar-refractivity contribution in [3.8, 4) is 0 Å². The molecule has 1 unspecified atom stereocenters. The molecule has 0 saturated carbocycles. The number of nitrogens with two attached hydrogens (primary N) is 1. The van der Waals surface area contributed by atoms with Crippen LogP contribution in [-0.4, -0.2) is 17.4 Å². The molecule has 1 heterocycles. The summed E-state index contributed by atoms with van der Waals surface area (Å²) >= 11 is 1.43. The number of nitrogens with zero attached hydrogens (tertiary/aromatic N) is 1. The maximum absolute atomic E-state index is 11.5. The molecular formula is C10H17N3OS. The second-order valence-corrected chi connectivity index (χ2v) is 4.36. The molecule has 0 aromatic carbocycles. The molecule has 4 nitrogen and oxygen atoms in total. The van der Waals surface area contributed by atoms with E-state index in [9.17, 15) is 4.79 Å². The topological polar surface area (TPSA) is 68.0 Å². The molecule has 1 atom stereocenters. The van der Waals surface area contributed by atoms with Gasteiger partial charge in [-0.1, -0.05) is 13.3 Å². The van der Waals surface area contributed by atoms with Crippen LogP contribution in [0.4, 0.5) is 0 Å². The van der Waals surface area contributed by atoms with Crippen LogP contribution in [-0.2, 0) is 0 Å². The molecule has 1 aromatic rings. The Balaban J connectivity index is 2.51. The molecule has 0 fully saturated rings. The number of nitrogens with one attached hydrogen (secondary N) is 1. The Morgan fingerprint density at radius 1 is 1.73 bits per heavy atom. The first kappa shape index (κ1) is 12.1. The Hall–Kier alpha value is -0.940. The van der Waals surface area contributed by atoms with Gasteiger partial charge in [0.15, 0.2) is 0 Å². The van der Waals surface area contributed by atoms with E-state index in [4.69, 9.17) is 5.73 Å². The highest BCUT2D eigenvalue weighted by molar-refractivity contribution is 7.09. The van der Waals surface area contributed by atoms with Crippen molar-refractivity contribution in [3.05, 3.63) is 16.1 Å². The molecule has 0 radical (unpaired) electrons. The van der Waals surface area contributed by atoms with E-state index in [0.717, 1.165) is 17.8 Å². The van der Waals surface area contributed by atoms with Crippen molar-refractivity contribution in [3.63, 3.8) is 0 Å². The van der Waals surface area contributed by atoms with E-state index in [-0.39, 0.29) is 11.9 Å². The number of carbonyl (C=O) groups excluding carboxylic acids is 1. The van der Waals surface area contributed by atoms with Gasteiger partial charge in [-0.2, -0.15) is 0 Å². The van der Waals surface area contributed by atoms with Crippen LogP contribution in [0.5, 0.6) is 0 Å². The molecule has 15 heavy (non-hydrogen) atoms. The first-order valence-electron chi connectivity index (χ1n) is 5.14. The summed E-state index contributed by atoms with van der Waals surface area (Å²) in [5.41, 5.74) is 6.14. The van der Waals surface area contributed by atoms with Crippen molar-refractivity contribution in [2.75, 3.05) is 6.54 Å². The minimum Gasteiger partial charge on any atom is -0.351 e. The molecule has 0 aliphatic heterocycles. The van der Waals surface area contributed by atoms with Gasteiger partial charge in [0.25, 0.3) is 5.91 Å². The summed E-state index contributed by atoms with van der Waals surface area (Å²) < 4.78 is 0. The molecule has 1 amide bonds. The van der Waals surface area contributed by atoms with Crippen LogP contribution >= 0.6 is 11.3 Å². The number of hydrogen-bond donors (Lipinski definition) is 2. The van der Waals surface area contributed by atoms with Crippen molar-refractivity contribution in [1.29, 1.82) is 0 Å². The van der Waals surface area contributed by atoms with Crippen molar-refractivity contribution < 1.29 is 4.79 Å². The minimum absolute atomic E-state index is 0.104. The maximum atomic E-state index is 11.5. The monoisotopic (exact) mass is 227 g/mol. The lowest BCUT2D eigenvalue weighted by Gasteiger charge is -2.01. The summed E-state index contributed by atoms with van der Waals surface area (Å²) in [5, 5.41) is 5.37. The van der Waals surface area contributed by atoms with Gasteiger partial charge in [-0.05, 0) is 13.3 Å². The zero-order valence-electron chi connectivity index (χ0n) is 9.12. The van der Waals surface area contributed by atoms with Gasteiger partial charge in [0.05, 0.1) is 6.04 Å². The Kier molecular flexibility index (Phi) is 4.71. The number of unbranched alkanes of at least 4 members (excludes halogenated alkanes) is 1. The van der Waals surface area contributed by atoms with Gasteiger partial charge in [-0.25, -0.2) is 4.98 Å². The smallest absolute Gasteiger partial charge is 0.270 e. The first-order chi connectivity index (χ1) is 7.15. The van der Waals surface area contributed by atoms with E-state index in [2.05, 4.69) is 17.2 Å². The summed E-state index contributed by atoms with van der Waals surface area (Å²) in [4.78, 5) is 15.7. The highest BCUT2D eigenvalue weighted by Gasteiger charge is 2.11. The highest BCUT2D eigenvalue weighted by atomic mass is 32.1. The van der Waals surface area contributed by atoms with E-state index < -0.39 is 0 Å². The lowest BCUT2D eigenvalue weighted by Crippen LogP contribution is -2.24. The second kappa shape index (κ2) is 5.82. The molecular weight excluding hydrogens is 210 g/mol. The van der Waals surface area contributed by atoms with Crippen LogP contribution in [0.2, 0.25) is 0 Å². The van der Waals surface area contributed by atoms with Gasteiger partial charge >= 0.3 is 0 Å². The molecule has 0 saturated heterocycles. The summed E-state index contributed by atoms with van der Waals surface area (Å²) in [6.07, 6.45) is 2.07. The average molecular weight is 227 g/mol. The van der Waals surface area contributed by atoms with Crippen molar-refractivity contribution >= 4 is 17.2 Å². The van der Waals surface area contributed by atoms with Gasteiger partial charge in [0.1, 0.15) is 10.7 Å². The standard InChI is InChI=1S/C10H17N3OS/c1-3-4-5-12-9(14)8-6-15-10(13-8)7(2)11/h6-7H,3-5,11H2,1-2H3,(H,12,14). The van der Waals surface area contributed by atoms with Gasteiger partial charge in [0, 0.05) is 11.9 Å². The summed E-state index contributed by atoms with van der Waals surface area (Å²) in [6, 6.07) is -0.104. The lowest BCUT2D eigenvalue weighted by atomic mass is 10.3. The van der Waals surface area contributed by atoms with Crippen LogP contribution in [0.3, 0.4) is 0 Å². The predicted molar refractivity (Wildman–Crippen MR) is 62.0 cm³/mol. The molecule has 0 bridgehead atoms. The van der Waals surface area contributed by atoms with E-state index >= 15 is 0 Å². The first-order valence-corrected chi connectivity index (χ1v) is 6.02. The molecule has 0 aliphatic rings. The number of hydrogen-bond acceptors (Lipinski definition) is 4. The number of thiazole rings is 1. The fourth-order valence-electron chi connectivity index (χ4n) is 1.07. The molecule has 3 N–H and O–H groups in total. The Labute approximate surface area is 93.9 Å². The number of carbonyl (C=O) groups is 1. The minimum atomic E-state index is -0.105. The fourth-order valence-corrected chi connectivity index (χ4v) is 1.83. The molecule has 1 rings (SSSR count). The van der Waals surface area contributed by atoms with Crippen LogP contribution in [0.25, 0.3) is 0 Å². The third-order valence-electron chi connectivity index (χ3n) is 1.96. The zero-order valence-corrected chi connectivity index (χ0v) is 9.93. The van der Waals surface area contributed by atoms with Crippen molar-refractivity contribution in [2.24, 2.45) is 5.73 Å². The number of aromatic nitrogens is 1. The molecule has 84 valence electrons. The van der Waals surface area contributed by atoms with E-state index in [1.165, 1.54) is 11.3 Å². The maximum Gasteiger partial charge on any atom is 0.270 e. The summed E-state index contributed by atoms with van der Waals surface area (Å²) in [6.45, 7) is 4.65. The highest BCUT2D eigenvalue weighted by Crippen LogP contribution is 2.15. The second-order valence-electron chi connectivity index (χ2n) is 3.47. The van der Waals surface area contributed by atoms with Crippen molar-refractivity contribution in [1.82, 2.24) is 10.3 Å². The van der Waals surface area contributed by atoms with Crippen LogP contribution in [0.1, 0.15) is 48.2 Å². The number of rotatable bonds is 5. The number of amides is 1. The average Bonchev–Trinajstić information content (AvgIpc) is 2.66. The van der Waals surface area contributed by atoms with E-state index in [1.807, 2.05) is 6.92 Å². The molecule has 5 heteroatoms. The van der Waals surface area contributed by atoms with Crippen LogP contribution < -0.4 is 11.1 Å². The molecule has 1 aromatic heterocycles. The predicted octanol–water partition coefficient (Wildman–Crippen LogP) is 1.69. The summed E-state index contributed by atoms with van der Waals surface area (Å²) in [7, 11) is 0. The van der Waals surface area contributed by atoms with E-state index in [1.54, 1.807) is 5.38 Å². The lowest BCUT2D eigenvalue weighted by molar-refractivity contribution is 0.0948. The largest absolute Gasteiger partial charge is 0.351 e. The van der Waals surface area contributed by atoms with E-state index in [0.29, 0.717) is 12.2 Å². The zero-order chi connectivity index (χ0) is 11.3. The molecule has 0 spiro atoms. The van der Waals surface area contributed by atoms with Gasteiger partial charge in [0.2, 0.25) is 0 Å². The summed E-state index contributed by atoms with van der Waals surface area (Å²) in [5.74, 6) is -0.105. The SMILES string of the molecule is CCCCNC(=O)c1csc(C(C)N)n1. The van der Waals surface area contributed by atoms with Gasteiger partial charge in [-0.15, -0.1) is 11.3 Å². The quantitative estimate of drug-likeness (QED) is 0.752. The third kappa shape index (κ3) is 3.60.